The predicted molar refractivity (Wildman–Crippen MR) is 158 cm³/mol. The summed E-state index contributed by atoms with van der Waals surface area (Å²) in [4.78, 5) is 7.84. The standard InChI is InChI=1S/C30H36N4O4S2/c1-20(2)38-28-9-6-22(16-23(28)17-31)30-32-18-29(39-30)26-5-3-4-25-24(26)7-8-27(25)33-40(36,37)15-14-34-12-10-21(19-35)11-13-34/h3-6,9,16,18,20-21,27,33,35H,7-8,10-15,19H2,1-2H3/t27-/m1/s1. The van der Waals surface area contributed by atoms with Gasteiger partial charge in [0.15, 0.2) is 0 Å². The van der Waals surface area contributed by atoms with Gasteiger partial charge in [0.2, 0.25) is 10.0 Å². The second-order valence-electron chi connectivity index (χ2n) is 10.9. The summed E-state index contributed by atoms with van der Waals surface area (Å²) in [6.45, 7) is 6.25. The van der Waals surface area contributed by atoms with E-state index in [2.05, 4.69) is 26.7 Å². The molecule has 1 aliphatic heterocycles. The van der Waals surface area contributed by atoms with Gasteiger partial charge in [-0.15, -0.1) is 11.3 Å². The molecule has 0 spiro atoms. The van der Waals surface area contributed by atoms with Crippen molar-refractivity contribution < 1.29 is 18.3 Å². The zero-order chi connectivity index (χ0) is 28.3. The Morgan fingerprint density at radius 2 is 2.02 bits per heavy atom. The molecule has 3 aromatic rings. The summed E-state index contributed by atoms with van der Waals surface area (Å²) in [7, 11) is -3.44. The molecule has 1 aliphatic carbocycles. The number of aliphatic hydroxyl groups is 1. The normalized spacial score (nSPS) is 18.1. The Morgan fingerprint density at radius 1 is 1.23 bits per heavy atom. The largest absolute Gasteiger partial charge is 0.490 e. The number of piperidine rings is 1. The second kappa shape index (κ2) is 12.4. The summed E-state index contributed by atoms with van der Waals surface area (Å²) in [5, 5.41) is 19.8. The van der Waals surface area contributed by atoms with Gasteiger partial charge in [-0.2, -0.15) is 5.26 Å². The van der Waals surface area contributed by atoms with Gasteiger partial charge in [-0.1, -0.05) is 18.2 Å². The fourth-order valence-electron chi connectivity index (χ4n) is 5.56. The Kier molecular flexibility index (Phi) is 8.88. The lowest BCUT2D eigenvalue weighted by Crippen LogP contribution is -2.40. The number of nitriles is 1. The molecular weight excluding hydrogens is 544 g/mol. The third-order valence-electron chi connectivity index (χ3n) is 7.71. The summed E-state index contributed by atoms with van der Waals surface area (Å²) < 4.78 is 34.7. The molecule has 2 heterocycles. The van der Waals surface area contributed by atoms with Crippen molar-refractivity contribution in [1.29, 1.82) is 5.26 Å². The van der Waals surface area contributed by atoms with E-state index in [1.54, 1.807) is 11.3 Å². The Balaban J connectivity index is 1.28. The highest BCUT2D eigenvalue weighted by molar-refractivity contribution is 7.89. The van der Waals surface area contributed by atoms with Crippen LogP contribution in [0.5, 0.6) is 5.75 Å². The molecule has 1 aromatic heterocycles. The zero-order valence-electron chi connectivity index (χ0n) is 23.0. The van der Waals surface area contributed by atoms with Gasteiger partial charge in [-0.3, -0.25) is 0 Å². The molecule has 2 N–H and O–H groups in total. The fraction of sp³-hybridized carbons (Fsp3) is 0.467. The highest BCUT2D eigenvalue weighted by Gasteiger charge is 2.29. The smallest absolute Gasteiger partial charge is 0.213 e. The van der Waals surface area contributed by atoms with E-state index < -0.39 is 10.0 Å². The highest BCUT2D eigenvalue weighted by Crippen LogP contribution is 2.41. The number of aromatic nitrogens is 1. The molecule has 0 unspecified atom stereocenters. The SMILES string of the molecule is CC(C)Oc1ccc(-c2ncc(-c3cccc4c3CC[C@H]4NS(=O)(=O)CCN3CCC(CO)CC3)s2)cc1C#N. The van der Waals surface area contributed by atoms with Crippen LogP contribution in [0.1, 0.15) is 55.8 Å². The Bertz CT molecular complexity index is 1490. The molecule has 0 radical (unpaired) electrons. The number of aliphatic hydroxyl groups excluding tert-OH is 1. The van der Waals surface area contributed by atoms with Crippen LogP contribution in [0.25, 0.3) is 21.0 Å². The molecule has 2 aromatic carbocycles. The number of hydrogen-bond acceptors (Lipinski definition) is 8. The molecule has 1 saturated heterocycles. The van der Waals surface area contributed by atoms with E-state index in [0.717, 1.165) is 70.9 Å². The van der Waals surface area contributed by atoms with Gasteiger partial charge in [-0.25, -0.2) is 18.1 Å². The molecule has 5 rings (SSSR count). The van der Waals surface area contributed by atoms with Crippen molar-refractivity contribution in [2.24, 2.45) is 5.92 Å². The van der Waals surface area contributed by atoms with Gasteiger partial charge >= 0.3 is 0 Å². The summed E-state index contributed by atoms with van der Waals surface area (Å²) >= 11 is 1.56. The summed E-state index contributed by atoms with van der Waals surface area (Å²) in [5.74, 6) is 0.981. The van der Waals surface area contributed by atoms with Gasteiger partial charge in [0.05, 0.1) is 22.3 Å². The summed E-state index contributed by atoms with van der Waals surface area (Å²) in [5.41, 5.74) is 4.61. The van der Waals surface area contributed by atoms with Crippen molar-refractivity contribution in [3.63, 3.8) is 0 Å². The van der Waals surface area contributed by atoms with Crippen molar-refractivity contribution in [2.75, 3.05) is 32.0 Å². The molecule has 0 bridgehead atoms. The number of hydrogen-bond donors (Lipinski definition) is 2. The van der Waals surface area contributed by atoms with E-state index in [1.807, 2.05) is 50.4 Å². The van der Waals surface area contributed by atoms with E-state index in [9.17, 15) is 18.8 Å². The van der Waals surface area contributed by atoms with Crippen LogP contribution < -0.4 is 9.46 Å². The van der Waals surface area contributed by atoms with E-state index in [-0.39, 0.29) is 24.5 Å². The monoisotopic (exact) mass is 580 g/mol. The number of benzene rings is 2. The number of nitrogens with zero attached hydrogens (tertiary/aromatic N) is 3. The topological polar surface area (TPSA) is 116 Å². The van der Waals surface area contributed by atoms with Crippen molar-refractivity contribution in [3.05, 3.63) is 59.3 Å². The molecule has 212 valence electrons. The maximum absolute atomic E-state index is 13.0. The van der Waals surface area contributed by atoms with E-state index in [1.165, 1.54) is 0 Å². The minimum atomic E-state index is -3.44. The first-order chi connectivity index (χ1) is 19.3. The van der Waals surface area contributed by atoms with Crippen LogP contribution in [0, 0.1) is 17.2 Å². The van der Waals surface area contributed by atoms with Crippen LogP contribution >= 0.6 is 11.3 Å². The number of fused-ring (bicyclic) bond motifs is 1. The molecule has 10 heteroatoms. The third-order valence-corrected chi connectivity index (χ3v) is 10.2. The zero-order valence-corrected chi connectivity index (χ0v) is 24.6. The van der Waals surface area contributed by atoms with Crippen LogP contribution in [-0.2, 0) is 16.4 Å². The molecule has 0 amide bonds. The van der Waals surface area contributed by atoms with Crippen molar-refractivity contribution in [1.82, 2.24) is 14.6 Å². The Morgan fingerprint density at radius 3 is 2.75 bits per heavy atom. The number of likely N-dealkylation sites (tertiary alicyclic amines) is 1. The second-order valence-corrected chi connectivity index (χ2v) is 13.8. The molecule has 1 fully saturated rings. The van der Waals surface area contributed by atoms with Crippen LogP contribution in [0.3, 0.4) is 0 Å². The lowest BCUT2D eigenvalue weighted by Gasteiger charge is -2.31. The first-order valence-corrected chi connectivity index (χ1v) is 16.4. The highest BCUT2D eigenvalue weighted by atomic mass is 32.2. The van der Waals surface area contributed by atoms with Gasteiger partial charge < -0.3 is 14.7 Å². The van der Waals surface area contributed by atoms with Crippen molar-refractivity contribution in [3.8, 4) is 32.8 Å². The van der Waals surface area contributed by atoms with Crippen LogP contribution in [-0.4, -0.2) is 61.5 Å². The molecule has 8 nitrogen and oxygen atoms in total. The third kappa shape index (κ3) is 6.56. The van der Waals surface area contributed by atoms with Crippen molar-refractivity contribution in [2.45, 2.75) is 51.7 Å². The average Bonchev–Trinajstić information content (AvgIpc) is 3.60. The lowest BCUT2D eigenvalue weighted by molar-refractivity contribution is 0.136. The predicted octanol–water partition coefficient (Wildman–Crippen LogP) is 4.75. The lowest BCUT2D eigenvalue weighted by atomic mass is 9.98. The minimum absolute atomic E-state index is 0.0203. The summed E-state index contributed by atoms with van der Waals surface area (Å²) in [6, 6.07) is 13.6. The maximum Gasteiger partial charge on any atom is 0.213 e. The van der Waals surface area contributed by atoms with E-state index in [4.69, 9.17) is 4.74 Å². The molecule has 0 saturated carbocycles. The number of thiazole rings is 1. The number of nitrogens with one attached hydrogen (secondary N) is 1. The molecule has 2 aliphatic rings. The van der Waals surface area contributed by atoms with Gasteiger partial charge in [-0.05, 0) is 93.4 Å². The van der Waals surface area contributed by atoms with Crippen LogP contribution in [0.2, 0.25) is 0 Å². The quantitative estimate of drug-likeness (QED) is 0.356. The minimum Gasteiger partial charge on any atom is -0.490 e. The van der Waals surface area contributed by atoms with Gasteiger partial charge in [0.25, 0.3) is 0 Å². The fourth-order valence-corrected chi connectivity index (χ4v) is 7.82. The van der Waals surface area contributed by atoms with E-state index >= 15 is 0 Å². The van der Waals surface area contributed by atoms with Crippen molar-refractivity contribution >= 4 is 21.4 Å². The molecule has 40 heavy (non-hydrogen) atoms. The first kappa shape index (κ1) is 28.7. The number of sulfonamides is 1. The van der Waals surface area contributed by atoms with Gasteiger partial charge in [0.1, 0.15) is 16.8 Å². The van der Waals surface area contributed by atoms with E-state index in [0.29, 0.717) is 23.8 Å². The Hall–Kier alpha value is -2.81. The first-order valence-electron chi connectivity index (χ1n) is 13.9. The van der Waals surface area contributed by atoms with Gasteiger partial charge in [0, 0.05) is 31.0 Å². The van der Waals surface area contributed by atoms with Crippen LogP contribution in [0.15, 0.2) is 42.6 Å². The maximum atomic E-state index is 13.0. The van der Waals surface area contributed by atoms with Crippen LogP contribution in [0.4, 0.5) is 0 Å². The summed E-state index contributed by atoms with van der Waals surface area (Å²) in [6.07, 6.45) is 5.19. The Labute approximate surface area is 240 Å². The molecule has 1 atom stereocenters. The number of ether oxygens (including phenoxy) is 1. The average molecular weight is 581 g/mol. The molecular formula is C30H36N4O4S2. The number of rotatable bonds is 10.